The van der Waals surface area contributed by atoms with Gasteiger partial charge < -0.3 is 4.90 Å². The van der Waals surface area contributed by atoms with Crippen LogP contribution in [-0.4, -0.2) is 6.54 Å². The van der Waals surface area contributed by atoms with Crippen molar-refractivity contribution in [1.82, 2.24) is 0 Å². The maximum Gasteiger partial charge on any atom is 0.0493 e. The molecule has 0 radical (unpaired) electrons. The molecule has 1 heteroatoms. The molecule has 1 aliphatic rings. The molecule has 6 aromatic rings. The predicted molar refractivity (Wildman–Crippen MR) is 189 cm³/mol. The summed E-state index contributed by atoms with van der Waals surface area (Å²) < 4.78 is 0. The molecular weight excluding hydrogens is 530 g/mol. The van der Waals surface area contributed by atoms with E-state index >= 15 is 0 Å². The van der Waals surface area contributed by atoms with Gasteiger partial charge in [-0.25, -0.2) is 0 Å². The standard InChI is InChI=1S/C43H33N/c1-32-14-4-3-9-27-44(43-26-8-7-25-42(32)43)41-24-13-23-40(31-41)39-22-12-21-38(30-39)37-20-11-19-36(29-37)35-18-10-17-34(28-35)33-15-5-2-6-16-33/h2-26,28-31H,1,27H2/b9-3-,14-4-. The van der Waals surface area contributed by atoms with E-state index in [0.29, 0.717) is 0 Å². The Morgan fingerprint density at radius 2 is 0.909 bits per heavy atom. The number of benzene rings is 6. The van der Waals surface area contributed by atoms with E-state index < -0.39 is 0 Å². The van der Waals surface area contributed by atoms with Crippen LogP contribution >= 0.6 is 0 Å². The summed E-state index contributed by atoms with van der Waals surface area (Å²) in [7, 11) is 0. The van der Waals surface area contributed by atoms with Gasteiger partial charge in [0, 0.05) is 23.5 Å². The molecule has 0 spiro atoms. The first-order valence-electron chi connectivity index (χ1n) is 15.1. The van der Waals surface area contributed by atoms with Gasteiger partial charge in [0.1, 0.15) is 0 Å². The fourth-order valence-corrected chi connectivity index (χ4v) is 5.95. The number of anilines is 2. The Hall–Kier alpha value is -5.66. The lowest BCUT2D eigenvalue weighted by atomic mass is 9.94. The monoisotopic (exact) mass is 563 g/mol. The smallest absolute Gasteiger partial charge is 0.0493 e. The zero-order valence-electron chi connectivity index (χ0n) is 24.6. The molecule has 0 aromatic heterocycles. The maximum absolute atomic E-state index is 4.33. The highest BCUT2D eigenvalue weighted by Crippen LogP contribution is 2.36. The lowest BCUT2D eigenvalue weighted by Gasteiger charge is -2.26. The van der Waals surface area contributed by atoms with Gasteiger partial charge in [0.05, 0.1) is 0 Å². The van der Waals surface area contributed by atoms with Gasteiger partial charge in [0.25, 0.3) is 0 Å². The normalized spacial score (nSPS) is 14.2. The Labute approximate surface area is 260 Å². The predicted octanol–water partition coefficient (Wildman–Crippen LogP) is 11.6. The van der Waals surface area contributed by atoms with Crippen molar-refractivity contribution in [2.24, 2.45) is 0 Å². The Bertz CT molecular complexity index is 2010. The highest BCUT2D eigenvalue weighted by Gasteiger charge is 2.15. The first-order chi connectivity index (χ1) is 21.7. The summed E-state index contributed by atoms with van der Waals surface area (Å²) in [5.41, 5.74) is 14.1. The summed E-state index contributed by atoms with van der Waals surface area (Å²) >= 11 is 0. The third kappa shape index (κ3) is 5.69. The molecule has 210 valence electrons. The molecule has 0 amide bonds. The zero-order valence-corrected chi connectivity index (χ0v) is 24.6. The molecule has 1 nitrogen and oxygen atoms in total. The molecule has 0 bridgehead atoms. The summed E-state index contributed by atoms with van der Waals surface area (Å²) in [4.78, 5) is 2.37. The minimum Gasteiger partial charge on any atom is -0.337 e. The Balaban J connectivity index is 1.22. The molecule has 0 N–H and O–H groups in total. The van der Waals surface area contributed by atoms with E-state index in [2.05, 4.69) is 187 Å². The Kier molecular flexibility index (Phi) is 7.60. The van der Waals surface area contributed by atoms with Crippen LogP contribution in [0.3, 0.4) is 0 Å². The van der Waals surface area contributed by atoms with Crippen LogP contribution in [0.4, 0.5) is 11.4 Å². The molecule has 0 saturated heterocycles. The topological polar surface area (TPSA) is 3.24 Å². The molecule has 1 heterocycles. The van der Waals surface area contributed by atoms with Gasteiger partial charge in [0.15, 0.2) is 0 Å². The molecule has 0 fully saturated rings. The first-order valence-corrected chi connectivity index (χ1v) is 15.1. The van der Waals surface area contributed by atoms with Gasteiger partial charge in [-0.15, -0.1) is 0 Å². The Morgan fingerprint density at radius 3 is 1.52 bits per heavy atom. The molecule has 0 saturated carbocycles. The average molecular weight is 564 g/mol. The highest BCUT2D eigenvalue weighted by molar-refractivity contribution is 5.86. The average Bonchev–Trinajstić information content (AvgIpc) is 3.18. The van der Waals surface area contributed by atoms with Crippen LogP contribution in [0.5, 0.6) is 0 Å². The van der Waals surface area contributed by atoms with Gasteiger partial charge in [-0.05, 0) is 86.5 Å². The quantitative estimate of drug-likeness (QED) is 0.202. The van der Waals surface area contributed by atoms with Crippen molar-refractivity contribution in [2.45, 2.75) is 0 Å². The van der Waals surface area contributed by atoms with Crippen LogP contribution in [0.25, 0.3) is 50.1 Å². The molecule has 1 aliphatic heterocycles. The van der Waals surface area contributed by atoms with Gasteiger partial charge in [0.2, 0.25) is 0 Å². The molecule has 0 atom stereocenters. The van der Waals surface area contributed by atoms with Crippen LogP contribution in [0, 0.1) is 0 Å². The first kappa shape index (κ1) is 27.2. The minimum absolute atomic E-state index is 0.774. The van der Waals surface area contributed by atoms with Crippen molar-refractivity contribution in [2.75, 3.05) is 11.4 Å². The summed E-state index contributed by atoms with van der Waals surface area (Å²) in [6, 6.07) is 54.4. The second kappa shape index (κ2) is 12.3. The van der Waals surface area contributed by atoms with Crippen molar-refractivity contribution < 1.29 is 0 Å². The van der Waals surface area contributed by atoms with Crippen LogP contribution < -0.4 is 4.90 Å². The number of hydrogen-bond donors (Lipinski definition) is 0. The fraction of sp³-hybridized carbons (Fsp3) is 0.0233. The SMILES string of the molecule is C=C1/C=C\C=C/CN(c2cccc(-c3cccc(-c4cccc(-c5cccc(-c6ccccc6)c5)c4)c3)c2)c2ccccc21. The number of fused-ring (bicyclic) bond motifs is 1. The minimum atomic E-state index is 0.774. The highest BCUT2D eigenvalue weighted by atomic mass is 15.1. The fourth-order valence-electron chi connectivity index (χ4n) is 5.95. The summed E-state index contributed by atoms with van der Waals surface area (Å²) in [6.45, 7) is 5.10. The molecule has 6 aromatic carbocycles. The molecule has 44 heavy (non-hydrogen) atoms. The summed E-state index contributed by atoms with van der Waals surface area (Å²) in [5, 5.41) is 0. The number of nitrogens with zero attached hydrogens (tertiary/aromatic N) is 1. The van der Waals surface area contributed by atoms with Crippen LogP contribution in [-0.2, 0) is 0 Å². The Morgan fingerprint density at radius 1 is 0.432 bits per heavy atom. The summed E-state index contributed by atoms with van der Waals surface area (Å²) in [5.74, 6) is 0. The second-order valence-electron chi connectivity index (χ2n) is 11.1. The van der Waals surface area contributed by atoms with Gasteiger partial charge in [-0.3, -0.25) is 0 Å². The van der Waals surface area contributed by atoms with E-state index in [1.807, 2.05) is 0 Å². The molecule has 0 aliphatic carbocycles. The van der Waals surface area contributed by atoms with E-state index in [4.69, 9.17) is 0 Å². The number of allylic oxidation sites excluding steroid dienone is 4. The lowest BCUT2D eigenvalue weighted by Crippen LogP contribution is -2.18. The van der Waals surface area contributed by atoms with E-state index in [9.17, 15) is 0 Å². The van der Waals surface area contributed by atoms with Crippen molar-refractivity contribution in [1.29, 1.82) is 0 Å². The molecule has 0 unspecified atom stereocenters. The van der Waals surface area contributed by atoms with Crippen molar-refractivity contribution in [3.05, 3.63) is 188 Å². The molecular formula is C43H33N. The van der Waals surface area contributed by atoms with Gasteiger partial charge in [-0.1, -0.05) is 146 Å². The zero-order chi connectivity index (χ0) is 29.7. The van der Waals surface area contributed by atoms with Crippen molar-refractivity contribution in [3.63, 3.8) is 0 Å². The van der Waals surface area contributed by atoms with Crippen LogP contribution in [0.1, 0.15) is 5.56 Å². The van der Waals surface area contributed by atoms with E-state index in [1.165, 1.54) is 44.5 Å². The van der Waals surface area contributed by atoms with E-state index in [-0.39, 0.29) is 0 Å². The van der Waals surface area contributed by atoms with Crippen LogP contribution in [0.2, 0.25) is 0 Å². The number of hydrogen-bond acceptors (Lipinski definition) is 1. The largest absolute Gasteiger partial charge is 0.337 e. The maximum atomic E-state index is 4.33. The van der Waals surface area contributed by atoms with Gasteiger partial charge >= 0.3 is 0 Å². The van der Waals surface area contributed by atoms with Crippen molar-refractivity contribution >= 4 is 16.9 Å². The van der Waals surface area contributed by atoms with E-state index in [0.717, 1.165) is 29.1 Å². The van der Waals surface area contributed by atoms with Crippen LogP contribution in [0.15, 0.2) is 183 Å². The van der Waals surface area contributed by atoms with E-state index in [1.54, 1.807) is 0 Å². The lowest BCUT2D eigenvalue weighted by molar-refractivity contribution is 1.09. The second-order valence-corrected chi connectivity index (χ2v) is 11.1. The number of rotatable bonds is 5. The third-order valence-corrected chi connectivity index (χ3v) is 8.23. The van der Waals surface area contributed by atoms with Gasteiger partial charge in [-0.2, -0.15) is 0 Å². The summed E-state index contributed by atoms with van der Waals surface area (Å²) in [6.07, 6.45) is 8.44. The van der Waals surface area contributed by atoms with Crippen molar-refractivity contribution in [3.8, 4) is 44.5 Å². The molecule has 7 rings (SSSR count). The third-order valence-electron chi connectivity index (χ3n) is 8.23. The number of para-hydroxylation sites is 1.